The zero-order valence-electron chi connectivity index (χ0n) is 30.9. The van der Waals surface area contributed by atoms with Gasteiger partial charge in [-0.25, -0.2) is 13.8 Å². The summed E-state index contributed by atoms with van der Waals surface area (Å²) in [5.74, 6) is 0.589. The quantitative estimate of drug-likeness (QED) is 0.190. The number of halogens is 2. The fourth-order valence-electron chi connectivity index (χ4n) is 5.96. The molecule has 4 aromatic rings. The molecule has 0 amide bonds. The van der Waals surface area contributed by atoms with Gasteiger partial charge in [0, 0.05) is 59.8 Å². The van der Waals surface area contributed by atoms with Crippen LogP contribution in [-0.2, 0) is 16.0 Å². The van der Waals surface area contributed by atoms with Crippen LogP contribution in [0.2, 0.25) is 0 Å². The molecule has 0 saturated carbocycles. The van der Waals surface area contributed by atoms with Gasteiger partial charge in [-0.3, -0.25) is 4.79 Å². The number of aromatic nitrogens is 3. The second-order valence-electron chi connectivity index (χ2n) is 13.5. The molecule has 0 radical (unpaired) electrons. The average molecular weight is 697 g/mol. The molecular weight excluding hydrogens is 642 g/mol. The van der Waals surface area contributed by atoms with E-state index in [-0.39, 0.29) is 12.1 Å². The third kappa shape index (κ3) is 10.7. The highest BCUT2D eigenvalue weighted by atomic mass is 19.1. The minimum absolute atomic E-state index is 0.155. The van der Waals surface area contributed by atoms with Crippen molar-refractivity contribution in [2.45, 2.75) is 105 Å². The second kappa shape index (κ2) is 18.2. The van der Waals surface area contributed by atoms with E-state index in [1.807, 2.05) is 24.4 Å². The van der Waals surface area contributed by atoms with Gasteiger partial charge in [-0.05, 0) is 103 Å². The van der Waals surface area contributed by atoms with Crippen LogP contribution in [0.1, 0.15) is 91.8 Å². The van der Waals surface area contributed by atoms with E-state index < -0.39 is 17.2 Å². The summed E-state index contributed by atoms with van der Waals surface area (Å²) in [5.41, 5.74) is 4.60. The van der Waals surface area contributed by atoms with Crippen LogP contribution in [0.25, 0.3) is 28.0 Å². The summed E-state index contributed by atoms with van der Waals surface area (Å²) in [6, 6.07) is 11.1. The van der Waals surface area contributed by atoms with Gasteiger partial charge in [-0.1, -0.05) is 20.8 Å². The molecule has 3 aliphatic heterocycles. The van der Waals surface area contributed by atoms with Crippen LogP contribution in [0.5, 0.6) is 5.75 Å². The van der Waals surface area contributed by atoms with Crippen molar-refractivity contribution >= 4 is 17.9 Å². The Bertz CT molecular complexity index is 1690. The lowest BCUT2D eigenvalue weighted by atomic mass is 9.93. The fourth-order valence-corrected chi connectivity index (χ4v) is 5.96. The lowest BCUT2D eigenvalue weighted by Crippen LogP contribution is -2.45. The second-order valence-corrected chi connectivity index (χ2v) is 13.5. The largest absolute Gasteiger partial charge is 0.493 e. The highest BCUT2D eigenvalue weighted by molar-refractivity contribution is 5.77. The zero-order chi connectivity index (χ0) is 37.1. The van der Waals surface area contributed by atoms with Gasteiger partial charge in [0.25, 0.3) is 6.47 Å². The smallest absolute Gasteiger partial charge is 0.290 e. The van der Waals surface area contributed by atoms with Crippen molar-refractivity contribution in [3.05, 3.63) is 65.4 Å². The molecular formula is C39H54F2N4O5. The van der Waals surface area contributed by atoms with Crippen LogP contribution in [0, 0.1) is 18.6 Å². The number of carbonyl (C=O) groups is 1. The SMILES string of the molecule is CC.CC(C)(C)O.CCc1c(C)nc2cc3nn2c1N1CCC(C)(CC1)OCCCCCOc1cc(F)ccc1-c1cc-3ccc1F.O=CO. The van der Waals surface area contributed by atoms with Crippen molar-refractivity contribution in [2.75, 3.05) is 31.2 Å². The Balaban J connectivity index is 0.000000605. The van der Waals surface area contributed by atoms with Crippen LogP contribution < -0.4 is 9.64 Å². The maximum atomic E-state index is 15.2. The van der Waals surface area contributed by atoms with E-state index in [2.05, 4.69) is 25.7 Å². The monoisotopic (exact) mass is 696 g/mol. The minimum atomic E-state index is -0.500. The molecule has 274 valence electrons. The van der Waals surface area contributed by atoms with E-state index in [9.17, 15) is 4.39 Å². The predicted molar refractivity (Wildman–Crippen MR) is 195 cm³/mol. The Labute approximate surface area is 295 Å². The first-order valence-electron chi connectivity index (χ1n) is 17.6. The van der Waals surface area contributed by atoms with Gasteiger partial charge >= 0.3 is 0 Å². The van der Waals surface area contributed by atoms with Crippen LogP contribution >= 0.6 is 0 Å². The minimum Gasteiger partial charge on any atom is -0.493 e. The van der Waals surface area contributed by atoms with Crippen molar-refractivity contribution in [1.82, 2.24) is 14.6 Å². The highest BCUT2D eigenvalue weighted by Gasteiger charge is 2.33. The fraction of sp³-hybridized carbons (Fsp3) is 0.513. The Morgan fingerprint density at radius 1 is 0.980 bits per heavy atom. The van der Waals surface area contributed by atoms with Crippen molar-refractivity contribution < 1.29 is 33.3 Å². The maximum absolute atomic E-state index is 15.2. The van der Waals surface area contributed by atoms with Crippen molar-refractivity contribution in [3.8, 4) is 28.1 Å². The highest BCUT2D eigenvalue weighted by Crippen LogP contribution is 2.37. The molecule has 0 unspecified atom stereocenters. The summed E-state index contributed by atoms with van der Waals surface area (Å²) in [6.07, 6.45) is 5.37. The molecule has 50 heavy (non-hydrogen) atoms. The summed E-state index contributed by atoms with van der Waals surface area (Å²) < 4.78 is 43.8. The first kappa shape index (κ1) is 40.3. The summed E-state index contributed by atoms with van der Waals surface area (Å²) in [6.45, 7) is 18.3. The third-order valence-corrected chi connectivity index (χ3v) is 8.35. The normalized spacial score (nSPS) is 15.6. The number of fused-ring (bicyclic) bond motifs is 8. The molecule has 0 atom stereocenters. The Morgan fingerprint density at radius 2 is 1.62 bits per heavy atom. The number of aliphatic hydroxyl groups is 1. The van der Waals surface area contributed by atoms with Gasteiger partial charge in [-0.15, -0.1) is 0 Å². The number of nitrogens with zero attached hydrogens (tertiary/aromatic N) is 4. The number of aryl methyl sites for hydroxylation is 1. The molecule has 11 heteroatoms. The Kier molecular flexibility index (Phi) is 14.7. The summed E-state index contributed by atoms with van der Waals surface area (Å²) in [4.78, 5) is 15.7. The molecule has 6 bridgehead atoms. The van der Waals surface area contributed by atoms with E-state index in [0.29, 0.717) is 35.8 Å². The Morgan fingerprint density at radius 3 is 2.26 bits per heavy atom. The number of benzene rings is 2. The molecule has 7 rings (SSSR count). The predicted octanol–water partition coefficient (Wildman–Crippen LogP) is 8.65. The first-order chi connectivity index (χ1) is 23.8. The van der Waals surface area contributed by atoms with E-state index >= 15 is 4.39 Å². The zero-order valence-corrected chi connectivity index (χ0v) is 30.9. The van der Waals surface area contributed by atoms with Crippen LogP contribution in [0.3, 0.4) is 0 Å². The van der Waals surface area contributed by atoms with E-state index in [1.165, 1.54) is 23.8 Å². The van der Waals surface area contributed by atoms with Gasteiger partial charge < -0.3 is 24.6 Å². The number of ether oxygens (including phenoxy) is 2. The molecule has 5 heterocycles. The van der Waals surface area contributed by atoms with Gasteiger partial charge in [0.15, 0.2) is 5.65 Å². The maximum Gasteiger partial charge on any atom is 0.290 e. The number of piperidine rings is 1. The van der Waals surface area contributed by atoms with E-state index in [4.69, 9.17) is 34.6 Å². The molecule has 3 aliphatic rings. The number of anilines is 1. The standard InChI is InChI=1S/C32H36F2N4O2.C4H10O.C2H6.CH2O2/c1-4-24-21(2)35-30-20-28-22-8-11-27(34)26(18-22)25-10-9-23(33)19-29(25)39-16-6-5-7-17-40-32(3)12-14-37(15-13-32)31(24)38(30)36-28;1-4(2,3)5;1-2;2-1-3/h8-11,18-20H,4-7,12-17H2,1-3H3;5H,1-3H3;1-2H3;1H,(H,2,3). The van der Waals surface area contributed by atoms with E-state index in [1.54, 1.807) is 39.0 Å². The topological polar surface area (TPSA) is 109 Å². The van der Waals surface area contributed by atoms with Crippen LogP contribution in [0.4, 0.5) is 14.6 Å². The number of rotatable bonds is 1. The molecule has 2 N–H and O–H groups in total. The molecule has 1 saturated heterocycles. The molecule has 2 aromatic carbocycles. The number of hydrogen-bond donors (Lipinski definition) is 2. The molecule has 9 nitrogen and oxygen atoms in total. The summed E-state index contributed by atoms with van der Waals surface area (Å²) >= 11 is 0. The molecule has 0 aliphatic carbocycles. The van der Waals surface area contributed by atoms with Crippen molar-refractivity contribution in [2.24, 2.45) is 0 Å². The first-order valence-corrected chi connectivity index (χ1v) is 17.6. The van der Waals surface area contributed by atoms with Gasteiger partial charge in [-0.2, -0.15) is 9.61 Å². The van der Waals surface area contributed by atoms with E-state index in [0.717, 1.165) is 74.3 Å². The van der Waals surface area contributed by atoms with Crippen LogP contribution in [0.15, 0.2) is 42.5 Å². The lowest BCUT2D eigenvalue weighted by Gasteiger charge is -2.41. The van der Waals surface area contributed by atoms with Gasteiger partial charge in [0.05, 0.1) is 23.5 Å². The third-order valence-electron chi connectivity index (χ3n) is 8.35. The number of carboxylic acid groups (broad SMARTS) is 1. The number of hydrogen-bond acceptors (Lipinski definition) is 7. The molecule has 2 aromatic heterocycles. The Hall–Kier alpha value is -4.09. The van der Waals surface area contributed by atoms with Gasteiger partial charge in [0.2, 0.25) is 0 Å². The average Bonchev–Trinajstić information content (AvgIpc) is 3.48. The summed E-state index contributed by atoms with van der Waals surface area (Å²) in [7, 11) is 0. The summed E-state index contributed by atoms with van der Waals surface area (Å²) in [5, 5.41) is 20.4. The van der Waals surface area contributed by atoms with Crippen LogP contribution in [-0.4, -0.2) is 68.8 Å². The van der Waals surface area contributed by atoms with Crippen molar-refractivity contribution in [1.29, 1.82) is 0 Å². The molecule has 0 spiro atoms. The van der Waals surface area contributed by atoms with Crippen molar-refractivity contribution in [3.63, 3.8) is 0 Å². The lowest BCUT2D eigenvalue weighted by molar-refractivity contribution is -0.122. The molecule has 1 fully saturated rings. The van der Waals surface area contributed by atoms with Gasteiger partial charge in [0.1, 0.15) is 23.2 Å².